The molecule has 1 amide bonds. The molecule has 0 unspecified atom stereocenters. The number of nitrogens with one attached hydrogen (secondary N) is 1. The Kier molecular flexibility index (Phi) is 8.82. The summed E-state index contributed by atoms with van der Waals surface area (Å²) < 4.78 is 30.9. The van der Waals surface area contributed by atoms with Gasteiger partial charge in [-0.25, -0.2) is 8.42 Å². The normalized spacial score (nSPS) is 11.4. The lowest BCUT2D eigenvalue weighted by atomic mass is 10.1. The van der Waals surface area contributed by atoms with Crippen molar-refractivity contribution in [2.75, 3.05) is 23.7 Å². The van der Waals surface area contributed by atoms with Crippen LogP contribution in [0.15, 0.2) is 42.5 Å². The number of amides is 1. The minimum Gasteiger partial charge on any atom is -0.491 e. The highest BCUT2D eigenvalue weighted by molar-refractivity contribution is 7.92. The molecule has 2 aromatic rings. The molecular weight excluding hydrogens is 447 g/mol. The SMILES string of the molecule is CC(C)Oc1ccc(CCCNC(=O)CN(c2ccc(Cl)c(Cl)c2)S(C)(=O)=O)cc1. The molecule has 0 aliphatic carbocycles. The Bertz CT molecular complexity index is 963. The smallest absolute Gasteiger partial charge is 0.240 e. The fourth-order valence-corrected chi connectivity index (χ4v) is 3.89. The van der Waals surface area contributed by atoms with Gasteiger partial charge in [-0.05, 0) is 62.6 Å². The topological polar surface area (TPSA) is 75.7 Å². The van der Waals surface area contributed by atoms with E-state index in [0.29, 0.717) is 11.6 Å². The van der Waals surface area contributed by atoms with Crippen molar-refractivity contribution in [2.45, 2.75) is 32.8 Å². The van der Waals surface area contributed by atoms with E-state index in [1.165, 1.54) is 18.2 Å². The molecule has 0 radical (unpaired) electrons. The molecular formula is C21H26Cl2N2O4S. The first-order chi connectivity index (χ1) is 14.1. The minimum atomic E-state index is -3.67. The average Bonchev–Trinajstić information content (AvgIpc) is 2.65. The molecule has 0 aliphatic rings. The van der Waals surface area contributed by atoms with Gasteiger partial charge >= 0.3 is 0 Å². The molecule has 1 N–H and O–H groups in total. The summed E-state index contributed by atoms with van der Waals surface area (Å²) in [6.45, 7) is 4.05. The van der Waals surface area contributed by atoms with Crippen molar-refractivity contribution in [1.29, 1.82) is 0 Å². The molecule has 0 heterocycles. The molecule has 0 atom stereocenters. The number of carbonyl (C=O) groups excluding carboxylic acids is 1. The van der Waals surface area contributed by atoms with E-state index < -0.39 is 15.9 Å². The quantitative estimate of drug-likeness (QED) is 0.523. The maximum absolute atomic E-state index is 12.3. The Morgan fingerprint density at radius 2 is 1.77 bits per heavy atom. The Morgan fingerprint density at radius 1 is 1.10 bits per heavy atom. The summed E-state index contributed by atoms with van der Waals surface area (Å²) in [5.41, 5.74) is 1.42. The third-order valence-corrected chi connectivity index (χ3v) is 6.02. The molecule has 0 spiro atoms. The van der Waals surface area contributed by atoms with Gasteiger partial charge in [-0.3, -0.25) is 9.10 Å². The largest absolute Gasteiger partial charge is 0.491 e. The van der Waals surface area contributed by atoms with Crippen LogP contribution in [-0.4, -0.2) is 39.8 Å². The van der Waals surface area contributed by atoms with Gasteiger partial charge in [0.2, 0.25) is 15.9 Å². The van der Waals surface area contributed by atoms with Gasteiger partial charge in [-0.15, -0.1) is 0 Å². The van der Waals surface area contributed by atoms with E-state index >= 15 is 0 Å². The van der Waals surface area contributed by atoms with Crippen molar-refractivity contribution in [3.05, 3.63) is 58.1 Å². The second-order valence-corrected chi connectivity index (χ2v) is 9.85. The second kappa shape index (κ2) is 10.9. The summed E-state index contributed by atoms with van der Waals surface area (Å²) in [6.07, 6.45) is 2.67. The van der Waals surface area contributed by atoms with Gasteiger partial charge < -0.3 is 10.1 Å². The van der Waals surface area contributed by atoms with E-state index in [1.54, 1.807) is 0 Å². The lowest BCUT2D eigenvalue weighted by molar-refractivity contribution is -0.119. The second-order valence-electron chi connectivity index (χ2n) is 7.13. The summed E-state index contributed by atoms with van der Waals surface area (Å²) in [4.78, 5) is 12.3. The maximum atomic E-state index is 12.3. The molecule has 0 fully saturated rings. The summed E-state index contributed by atoms with van der Waals surface area (Å²) >= 11 is 11.9. The molecule has 9 heteroatoms. The number of halogens is 2. The Morgan fingerprint density at radius 3 is 2.33 bits per heavy atom. The first-order valence-electron chi connectivity index (χ1n) is 9.51. The molecule has 2 aromatic carbocycles. The molecule has 0 saturated carbocycles. The van der Waals surface area contributed by atoms with Gasteiger partial charge in [0.25, 0.3) is 0 Å². The number of hydrogen-bond donors (Lipinski definition) is 1. The first kappa shape index (κ1) is 24.3. The zero-order chi connectivity index (χ0) is 22.3. The van der Waals surface area contributed by atoms with Gasteiger partial charge in [0, 0.05) is 6.54 Å². The van der Waals surface area contributed by atoms with Crippen LogP contribution < -0.4 is 14.4 Å². The highest BCUT2D eigenvalue weighted by atomic mass is 35.5. The van der Waals surface area contributed by atoms with Gasteiger partial charge in [0.15, 0.2) is 0 Å². The fraction of sp³-hybridized carbons (Fsp3) is 0.381. The van der Waals surface area contributed by atoms with Crippen molar-refractivity contribution in [3.63, 3.8) is 0 Å². The van der Waals surface area contributed by atoms with Crippen LogP contribution in [-0.2, 0) is 21.2 Å². The van der Waals surface area contributed by atoms with Crippen molar-refractivity contribution >= 4 is 44.8 Å². The third kappa shape index (κ3) is 7.70. The van der Waals surface area contributed by atoms with Crippen LogP contribution in [0.3, 0.4) is 0 Å². The number of anilines is 1. The molecule has 0 aliphatic heterocycles. The van der Waals surface area contributed by atoms with Gasteiger partial charge in [0.1, 0.15) is 12.3 Å². The minimum absolute atomic E-state index is 0.126. The van der Waals surface area contributed by atoms with Crippen LogP contribution in [0.25, 0.3) is 0 Å². The first-order valence-corrected chi connectivity index (χ1v) is 12.1. The summed E-state index contributed by atoms with van der Waals surface area (Å²) in [6, 6.07) is 12.3. The molecule has 0 saturated heterocycles. The number of carbonyl (C=O) groups is 1. The zero-order valence-electron chi connectivity index (χ0n) is 17.2. The van der Waals surface area contributed by atoms with E-state index in [9.17, 15) is 13.2 Å². The fourth-order valence-electron chi connectivity index (χ4n) is 2.75. The monoisotopic (exact) mass is 472 g/mol. The number of ether oxygens (including phenoxy) is 1. The summed E-state index contributed by atoms with van der Waals surface area (Å²) in [7, 11) is -3.67. The third-order valence-electron chi connectivity index (χ3n) is 4.14. The van der Waals surface area contributed by atoms with Crippen molar-refractivity contribution in [2.24, 2.45) is 0 Å². The molecule has 30 heavy (non-hydrogen) atoms. The van der Waals surface area contributed by atoms with E-state index in [-0.39, 0.29) is 23.4 Å². The number of aryl methyl sites for hydroxylation is 1. The van der Waals surface area contributed by atoms with Crippen LogP contribution in [0.2, 0.25) is 10.0 Å². The molecule has 6 nitrogen and oxygen atoms in total. The average molecular weight is 473 g/mol. The zero-order valence-corrected chi connectivity index (χ0v) is 19.5. The van der Waals surface area contributed by atoms with Crippen molar-refractivity contribution in [3.8, 4) is 5.75 Å². The predicted octanol–water partition coefficient (Wildman–Crippen LogP) is 4.30. The Labute approximate surface area is 188 Å². The van der Waals surface area contributed by atoms with Crippen molar-refractivity contribution in [1.82, 2.24) is 5.32 Å². The molecule has 0 bridgehead atoms. The van der Waals surface area contributed by atoms with Crippen LogP contribution in [0.5, 0.6) is 5.75 Å². The number of sulfonamides is 1. The lowest BCUT2D eigenvalue weighted by Crippen LogP contribution is -2.40. The lowest BCUT2D eigenvalue weighted by Gasteiger charge is -2.22. The van der Waals surface area contributed by atoms with Crippen LogP contribution in [0.4, 0.5) is 5.69 Å². The van der Waals surface area contributed by atoms with Crippen molar-refractivity contribution < 1.29 is 17.9 Å². The van der Waals surface area contributed by atoms with Gasteiger partial charge in [0.05, 0.1) is 28.1 Å². The van der Waals surface area contributed by atoms with E-state index in [1.807, 2.05) is 38.1 Å². The number of rotatable bonds is 10. The Hall–Kier alpha value is -1.96. The highest BCUT2D eigenvalue weighted by Crippen LogP contribution is 2.28. The number of hydrogen-bond acceptors (Lipinski definition) is 4. The maximum Gasteiger partial charge on any atom is 0.240 e. The van der Waals surface area contributed by atoms with Crippen LogP contribution in [0.1, 0.15) is 25.8 Å². The van der Waals surface area contributed by atoms with Gasteiger partial charge in [-0.1, -0.05) is 35.3 Å². The molecule has 0 aromatic heterocycles. The van der Waals surface area contributed by atoms with E-state index in [4.69, 9.17) is 27.9 Å². The van der Waals surface area contributed by atoms with E-state index in [2.05, 4.69) is 5.32 Å². The Balaban J connectivity index is 1.86. The van der Waals surface area contributed by atoms with E-state index in [0.717, 1.165) is 34.7 Å². The standard InChI is InChI=1S/C21H26Cl2N2O4S/c1-15(2)29-18-9-6-16(7-10-18)5-4-12-24-21(26)14-25(30(3,27)28)17-8-11-19(22)20(23)13-17/h6-11,13,15H,4-5,12,14H2,1-3H3,(H,24,26). The summed E-state index contributed by atoms with van der Waals surface area (Å²) in [5, 5.41) is 3.28. The number of benzene rings is 2. The molecule has 2 rings (SSSR count). The summed E-state index contributed by atoms with van der Waals surface area (Å²) in [5.74, 6) is 0.428. The highest BCUT2D eigenvalue weighted by Gasteiger charge is 2.21. The van der Waals surface area contributed by atoms with Crippen LogP contribution >= 0.6 is 23.2 Å². The molecule has 164 valence electrons. The van der Waals surface area contributed by atoms with Crippen LogP contribution in [0, 0.1) is 0 Å². The van der Waals surface area contributed by atoms with Gasteiger partial charge in [-0.2, -0.15) is 0 Å². The predicted molar refractivity (Wildman–Crippen MR) is 122 cm³/mol. The number of nitrogens with zero attached hydrogens (tertiary/aromatic N) is 1.